The Hall–Kier alpha value is -2.74. The van der Waals surface area contributed by atoms with Crippen molar-refractivity contribution in [2.75, 3.05) is 13.2 Å². The lowest BCUT2D eigenvalue weighted by molar-refractivity contribution is 0.0683. The van der Waals surface area contributed by atoms with E-state index in [0.717, 1.165) is 25.1 Å². The second kappa shape index (κ2) is 8.32. The van der Waals surface area contributed by atoms with Gasteiger partial charge in [0.15, 0.2) is 0 Å². The van der Waals surface area contributed by atoms with Crippen molar-refractivity contribution >= 4 is 11.8 Å². The lowest BCUT2D eigenvalue weighted by Gasteiger charge is -2.24. The molecule has 2 amide bonds. The standard InChI is InChI=1S/C21H27N5O3/c1-3-16(19-22-7-5-8-23-19)24-20(27)15-12-17(26-10-11-29-13-18(15)26)21(28)25-9-4-6-14(25)2/h5,7-8,12,14,16H,3-4,6,9-11,13H2,1-2H3,(H,24,27)/t14?,16-/m1/s1. The van der Waals surface area contributed by atoms with Crippen molar-refractivity contribution in [3.8, 4) is 0 Å². The third-order valence-electron chi connectivity index (χ3n) is 5.80. The van der Waals surface area contributed by atoms with Crippen molar-refractivity contribution in [3.05, 3.63) is 47.3 Å². The summed E-state index contributed by atoms with van der Waals surface area (Å²) in [6, 6.07) is 3.41. The Morgan fingerprint density at radius 1 is 1.31 bits per heavy atom. The number of nitrogens with zero attached hydrogens (tertiary/aromatic N) is 4. The minimum absolute atomic E-state index is 0.00404. The molecule has 2 aliphatic rings. The van der Waals surface area contributed by atoms with E-state index in [-0.39, 0.29) is 23.9 Å². The summed E-state index contributed by atoms with van der Waals surface area (Å²) in [5, 5.41) is 3.02. The minimum atomic E-state index is -0.290. The summed E-state index contributed by atoms with van der Waals surface area (Å²) in [5.41, 5.74) is 1.83. The molecule has 0 radical (unpaired) electrons. The first-order valence-electron chi connectivity index (χ1n) is 10.3. The highest BCUT2D eigenvalue weighted by Crippen LogP contribution is 2.26. The van der Waals surface area contributed by atoms with E-state index in [4.69, 9.17) is 4.74 Å². The van der Waals surface area contributed by atoms with Gasteiger partial charge in [0.25, 0.3) is 11.8 Å². The van der Waals surface area contributed by atoms with Crippen LogP contribution in [0.15, 0.2) is 24.5 Å². The van der Waals surface area contributed by atoms with Crippen molar-refractivity contribution in [2.24, 2.45) is 0 Å². The van der Waals surface area contributed by atoms with Gasteiger partial charge in [-0.05, 0) is 38.3 Å². The summed E-state index contributed by atoms with van der Waals surface area (Å²) in [7, 11) is 0. The largest absolute Gasteiger partial charge is 0.373 e. The number of hydrogen-bond donors (Lipinski definition) is 1. The molecule has 4 heterocycles. The zero-order valence-corrected chi connectivity index (χ0v) is 16.9. The van der Waals surface area contributed by atoms with Gasteiger partial charge in [0, 0.05) is 31.5 Å². The molecule has 0 saturated carbocycles. The Kier molecular flexibility index (Phi) is 5.62. The lowest BCUT2D eigenvalue weighted by atomic mass is 10.1. The maximum absolute atomic E-state index is 13.2. The number of carbonyl (C=O) groups is 2. The molecule has 0 aromatic carbocycles. The van der Waals surface area contributed by atoms with Crippen LogP contribution in [0.25, 0.3) is 0 Å². The van der Waals surface area contributed by atoms with Gasteiger partial charge in [-0.1, -0.05) is 6.92 Å². The molecule has 4 rings (SSSR count). The highest BCUT2D eigenvalue weighted by Gasteiger charge is 2.32. The van der Waals surface area contributed by atoms with Crippen LogP contribution >= 0.6 is 0 Å². The number of carbonyl (C=O) groups excluding carboxylic acids is 2. The molecule has 1 unspecified atom stereocenters. The van der Waals surface area contributed by atoms with E-state index in [1.807, 2.05) is 16.4 Å². The Morgan fingerprint density at radius 2 is 2.10 bits per heavy atom. The first-order chi connectivity index (χ1) is 14.1. The van der Waals surface area contributed by atoms with Gasteiger partial charge in [-0.25, -0.2) is 9.97 Å². The fraction of sp³-hybridized carbons (Fsp3) is 0.524. The molecule has 2 atom stereocenters. The van der Waals surface area contributed by atoms with Gasteiger partial charge in [0.05, 0.1) is 30.5 Å². The molecule has 1 fully saturated rings. The van der Waals surface area contributed by atoms with Crippen LogP contribution in [0.5, 0.6) is 0 Å². The monoisotopic (exact) mass is 397 g/mol. The van der Waals surface area contributed by atoms with Gasteiger partial charge in [0.1, 0.15) is 11.5 Å². The SMILES string of the molecule is CC[C@@H](NC(=O)c1cc(C(=O)N2CCCC2C)n2c1COCC2)c1ncccn1. The molecule has 154 valence electrons. The van der Waals surface area contributed by atoms with Crippen LogP contribution in [0.3, 0.4) is 0 Å². The Morgan fingerprint density at radius 3 is 2.79 bits per heavy atom. The van der Waals surface area contributed by atoms with Gasteiger partial charge in [-0.2, -0.15) is 0 Å². The topological polar surface area (TPSA) is 89.4 Å². The van der Waals surface area contributed by atoms with E-state index in [0.29, 0.717) is 43.3 Å². The van der Waals surface area contributed by atoms with Gasteiger partial charge in [-0.3, -0.25) is 9.59 Å². The van der Waals surface area contributed by atoms with Crippen molar-refractivity contribution in [1.82, 2.24) is 24.8 Å². The van der Waals surface area contributed by atoms with E-state index >= 15 is 0 Å². The van der Waals surface area contributed by atoms with Crippen molar-refractivity contribution in [3.63, 3.8) is 0 Å². The predicted molar refractivity (Wildman–Crippen MR) is 106 cm³/mol. The van der Waals surface area contributed by atoms with E-state index < -0.39 is 0 Å². The first kappa shape index (κ1) is 19.6. The Bertz CT molecular complexity index is 895. The molecule has 0 aliphatic carbocycles. The van der Waals surface area contributed by atoms with Crippen LogP contribution in [0, 0.1) is 0 Å². The third-order valence-corrected chi connectivity index (χ3v) is 5.80. The zero-order valence-electron chi connectivity index (χ0n) is 16.9. The number of hydrogen-bond acceptors (Lipinski definition) is 5. The molecule has 2 aromatic heterocycles. The summed E-state index contributed by atoms with van der Waals surface area (Å²) in [6.07, 6.45) is 6.04. The molecule has 29 heavy (non-hydrogen) atoms. The number of aromatic nitrogens is 3. The fourth-order valence-electron chi connectivity index (χ4n) is 4.16. The van der Waals surface area contributed by atoms with Crippen LogP contribution in [0.1, 0.15) is 71.5 Å². The molecule has 2 aliphatic heterocycles. The van der Waals surface area contributed by atoms with Gasteiger partial charge < -0.3 is 19.5 Å². The van der Waals surface area contributed by atoms with Crippen molar-refractivity contribution < 1.29 is 14.3 Å². The quantitative estimate of drug-likeness (QED) is 0.836. The minimum Gasteiger partial charge on any atom is -0.373 e. The average molecular weight is 397 g/mol. The van der Waals surface area contributed by atoms with Crippen LogP contribution in [0.4, 0.5) is 0 Å². The fourth-order valence-corrected chi connectivity index (χ4v) is 4.16. The third kappa shape index (κ3) is 3.76. The normalized spacial score (nSPS) is 19.7. The summed E-state index contributed by atoms with van der Waals surface area (Å²) >= 11 is 0. The molecule has 2 aromatic rings. The molecule has 0 spiro atoms. The first-order valence-corrected chi connectivity index (χ1v) is 10.3. The van der Waals surface area contributed by atoms with Crippen molar-refractivity contribution in [1.29, 1.82) is 0 Å². The van der Waals surface area contributed by atoms with E-state index in [9.17, 15) is 9.59 Å². The molecule has 0 bridgehead atoms. The molecule has 8 heteroatoms. The summed E-state index contributed by atoms with van der Waals surface area (Å²) in [5.74, 6) is 0.345. The highest BCUT2D eigenvalue weighted by molar-refractivity contribution is 6.01. The Balaban J connectivity index is 1.62. The number of nitrogens with one attached hydrogen (secondary N) is 1. The molecular formula is C21H27N5O3. The maximum atomic E-state index is 13.2. The van der Waals surface area contributed by atoms with Crippen LogP contribution < -0.4 is 5.32 Å². The number of amides is 2. The number of rotatable bonds is 5. The molecule has 1 saturated heterocycles. The van der Waals surface area contributed by atoms with Gasteiger partial charge >= 0.3 is 0 Å². The summed E-state index contributed by atoms with van der Waals surface area (Å²) in [4.78, 5) is 36.7. The molecular weight excluding hydrogens is 370 g/mol. The predicted octanol–water partition coefficient (Wildman–Crippen LogP) is 2.31. The number of fused-ring (bicyclic) bond motifs is 1. The van der Waals surface area contributed by atoms with E-state index in [2.05, 4.69) is 22.2 Å². The highest BCUT2D eigenvalue weighted by atomic mass is 16.5. The van der Waals surface area contributed by atoms with Crippen LogP contribution in [0.2, 0.25) is 0 Å². The van der Waals surface area contributed by atoms with Crippen LogP contribution in [-0.4, -0.2) is 50.4 Å². The summed E-state index contributed by atoms with van der Waals surface area (Å²) in [6.45, 7) is 6.25. The summed E-state index contributed by atoms with van der Waals surface area (Å²) < 4.78 is 7.54. The second-order valence-electron chi connectivity index (χ2n) is 7.63. The second-order valence-corrected chi connectivity index (χ2v) is 7.63. The zero-order chi connectivity index (χ0) is 20.4. The number of ether oxygens (including phenoxy) is 1. The lowest BCUT2D eigenvalue weighted by Crippen LogP contribution is -2.35. The van der Waals surface area contributed by atoms with E-state index in [1.54, 1.807) is 24.5 Å². The maximum Gasteiger partial charge on any atom is 0.270 e. The van der Waals surface area contributed by atoms with Crippen LogP contribution in [-0.2, 0) is 17.9 Å². The smallest absolute Gasteiger partial charge is 0.270 e. The average Bonchev–Trinajstić information content (AvgIpc) is 3.36. The molecule has 8 nitrogen and oxygen atoms in total. The Labute approximate surface area is 170 Å². The van der Waals surface area contributed by atoms with Gasteiger partial charge in [-0.15, -0.1) is 0 Å². The van der Waals surface area contributed by atoms with Gasteiger partial charge in [0.2, 0.25) is 0 Å². The van der Waals surface area contributed by atoms with E-state index in [1.165, 1.54) is 0 Å². The molecule has 1 N–H and O–H groups in total. The van der Waals surface area contributed by atoms with Crippen molar-refractivity contribution in [2.45, 2.75) is 58.3 Å². The number of likely N-dealkylation sites (tertiary alicyclic amines) is 1.